The first-order valence-corrected chi connectivity index (χ1v) is 29.1. The average Bonchev–Trinajstić information content (AvgIpc) is 1.97. The molecule has 1 aliphatic rings. The summed E-state index contributed by atoms with van der Waals surface area (Å²) in [6, 6.07) is 92.3. The van der Waals surface area contributed by atoms with Gasteiger partial charge in [-0.05, 0) is 11.5 Å². The van der Waals surface area contributed by atoms with E-state index in [-0.39, 0.29) is 18.3 Å². The molecule has 0 bridgehead atoms. The van der Waals surface area contributed by atoms with E-state index in [1.165, 1.54) is 16.5 Å². The Balaban J connectivity index is 0.968. The van der Waals surface area contributed by atoms with Crippen LogP contribution in [0.15, 0.2) is 243 Å². The first-order chi connectivity index (χ1) is 40.8. The van der Waals surface area contributed by atoms with Gasteiger partial charge in [0, 0.05) is 5.52 Å². The zero-order chi connectivity index (χ0) is 57.4. The molecule has 400 valence electrons. The van der Waals surface area contributed by atoms with Gasteiger partial charge in [0.25, 0.3) is 0 Å². The molecular weight excluding hydrogens is 1180 g/mol. The molecule has 0 atom stereocenters. The molecule has 0 N–H and O–H groups in total. The molecule has 13 aromatic rings. The van der Waals surface area contributed by atoms with Crippen molar-refractivity contribution < 1.29 is 26.8 Å². The van der Waals surface area contributed by atoms with E-state index in [1.807, 2.05) is 62.4 Å². The molecule has 6 nitrogen and oxygen atoms in total. The fraction of sp³-hybridized carbons (Fsp3) is 0.108. The summed E-state index contributed by atoms with van der Waals surface area (Å²) in [5.41, 5.74) is 17.9. The monoisotopic (exact) mass is 1240 g/mol. The summed E-state index contributed by atoms with van der Waals surface area (Å²) >= 11 is 2.49. The minimum atomic E-state index is -1.67. The van der Waals surface area contributed by atoms with E-state index in [4.69, 9.17) is 9.72 Å². The molecule has 0 spiro atoms. The minimum absolute atomic E-state index is 0.126. The molecule has 0 aliphatic carbocycles. The molecule has 10 aromatic carbocycles. The zero-order valence-electron chi connectivity index (χ0n) is 48.2. The molecule has 0 saturated carbocycles. The van der Waals surface area contributed by atoms with E-state index < -0.39 is 6.37 Å². The van der Waals surface area contributed by atoms with Crippen molar-refractivity contribution in [3.05, 3.63) is 270 Å². The van der Waals surface area contributed by atoms with Gasteiger partial charge in [0.05, 0.1) is 0 Å². The van der Waals surface area contributed by atoms with Gasteiger partial charge in [0.2, 0.25) is 0 Å². The van der Waals surface area contributed by atoms with Gasteiger partial charge in [-0.25, -0.2) is 0 Å². The standard InChI is InChI=1S/C74H58BN5O.Pt/c1-50(2)44-53-28-15-16-31-59(53)63-43-42-58(48-69(63)81-71-41-23-40-70(76-71)79-68-39-22-35-64-62-32-17-18-36-65(62)80(73(64)68)75(79)57-29-13-8-14-30-57)77-49-78(67-38-20-19-37-66(67)77)72-60(52-26-11-7-12-27-52)33-21-34-61(72)55-45-54(51-24-9-6-10-25-51)46-56(47-55)74(3,4)5;/h6-38,40-43,45-47,50H,44H2,1-5H3;/q-2;/i44D2;. The van der Waals surface area contributed by atoms with E-state index in [2.05, 4.69) is 265 Å². The zero-order valence-corrected chi connectivity index (χ0v) is 48.5. The SMILES string of the molecule is [2H]C([2H])(c1ccccc1-c1ccc(-n2[c](=[Pt])n(-c3c(-c4ccccc4)cccc3-c3cc(-c4ccccc4)cc(C(C)(C)C)c3)c3ccccc32)[c-]c1Oc1cccc(N2B(c3ccccc3)n3c4ccccc4c4cc[c-]c2c43)n1)C(C)C. The Labute approximate surface area is 493 Å². The summed E-state index contributed by atoms with van der Waals surface area (Å²) in [7, 11) is 0. The second-order valence-corrected chi connectivity index (χ2v) is 23.4. The van der Waals surface area contributed by atoms with Crippen molar-refractivity contribution in [3.63, 3.8) is 0 Å². The van der Waals surface area contributed by atoms with E-state index in [1.54, 1.807) is 0 Å². The van der Waals surface area contributed by atoms with E-state index in [9.17, 15) is 2.74 Å². The van der Waals surface area contributed by atoms with Crippen molar-refractivity contribution in [1.82, 2.24) is 18.6 Å². The first-order valence-electron chi connectivity index (χ1n) is 29.0. The van der Waals surface area contributed by atoms with E-state index in [0.29, 0.717) is 28.6 Å². The van der Waals surface area contributed by atoms with Gasteiger partial charge >= 0.3 is 414 Å². The van der Waals surface area contributed by atoms with Crippen LogP contribution in [0.25, 0.3) is 88.7 Å². The number of aromatic nitrogens is 4. The number of anilines is 2. The van der Waals surface area contributed by atoms with E-state index in [0.717, 1.165) is 87.2 Å². The van der Waals surface area contributed by atoms with Crippen LogP contribution in [0.2, 0.25) is 0 Å². The van der Waals surface area contributed by atoms with Crippen molar-refractivity contribution >= 4 is 56.8 Å². The molecule has 0 saturated heterocycles. The van der Waals surface area contributed by atoms with Crippen molar-refractivity contribution in [2.45, 2.75) is 46.4 Å². The number of rotatable bonds is 12. The Morgan fingerprint density at radius 2 is 1.20 bits per heavy atom. The van der Waals surface area contributed by atoms with Gasteiger partial charge in [-0.2, -0.15) is 12.1 Å². The van der Waals surface area contributed by atoms with E-state index >= 15 is 0 Å². The average molecular weight is 1240 g/mol. The van der Waals surface area contributed by atoms with Crippen LogP contribution in [0.5, 0.6) is 11.6 Å². The van der Waals surface area contributed by atoms with Gasteiger partial charge in [-0.3, -0.25) is 0 Å². The Hall–Kier alpha value is -9.03. The molecule has 1 aliphatic heterocycles. The quantitative estimate of drug-likeness (QED) is 0.0904. The normalized spacial score (nSPS) is 12.9. The number of benzene rings is 10. The molecule has 0 amide bonds. The third-order valence-corrected chi connectivity index (χ3v) is 16.7. The van der Waals surface area contributed by atoms with Crippen LogP contribution in [0, 0.1) is 21.9 Å². The molecule has 82 heavy (non-hydrogen) atoms. The number of ether oxygens (including phenoxy) is 1. The predicted molar refractivity (Wildman–Crippen MR) is 336 cm³/mol. The van der Waals surface area contributed by atoms with Gasteiger partial charge in [-0.1, -0.05) is 48.5 Å². The second-order valence-electron chi connectivity index (χ2n) is 22.4. The number of nitrogens with zero attached hydrogens (tertiary/aromatic N) is 5. The summed E-state index contributed by atoms with van der Waals surface area (Å²) in [6.45, 7) is 10.4. The number of hydrogen-bond donors (Lipinski definition) is 0. The van der Waals surface area contributed by atoms with Crippen LogP contribution in [-0.2, 0) is 31.1 Å². The number of hydrogen-bond acceptors (Lipinski definition) is 3. The molecule has 4 heterocycles. The summed E-state index contributed by atoms with van der Waals surface area (Å²) < 4.78 is 34.2. The summed E-state index contributed by atoms with van der Waals surface area (Å²) in [5, 5.41) is 2.35. The molecule has 3 aromatic heterocycles. The Kier molecular flexibility index (Phi) is 12.4. The molecule has 8 heteroatoms. The Morgan fingerprint density at radius 3 is 1.94 bits per heavy atom. The topological polar surface area (TPSA) is 40.1 Å². The fourth-order valence-corrected chi connectivity index (χ4v) is 13.1. The third-order valence-electron chi connectivity index (χ3n) is 15.7. The Morgan fingerprint density at radius 1 is 0.573 bits per heavy atom. The number of pyridine rings is 1. The van der Waals surface area contributed by atoms with Gasteiger partial charge in [0.15, 0.2) is 0 Å². The Bertz CT molecular complexity index is 4740. The van der Waals surface area contributed by atoms with Gasteiger partial charge in [0.1, 0.15) is 0 Å². The molecular formula is C74H58BN5OPt-2. The molecule has 0 radical (unpaired) electrons. The van der Waals surface area contributed by atoms with Crippen LogP contribution >= 0.6 is 0 Å². The molecule has 14 rings (SSSR count). The van der Waals surface area contributed by atoms with Crippen LogP contribution in [-0.4, -0.2) is 25.6 Å². The molecule has 0 unspecified atom stereocenters. The fourth-order valence-electron chi connectivity index (χ4n) is 12.0. The van der Waals surface area contributed by atoms with Crippen LogP contribution in [0.4, 0.5) is 11.5 Å². The maximum atomic E-state index is 9.48. The van der Waals surface area contributed by atoms with Gasteiger partial charge < -0.3 is 0 Å². The third kappa shape index (κ3) is 8.96. The van der Waals surface area contributed by atoms with Crippen LogP contribution < -0.4 is 15.0 Å². The number of imidazole rings is 1. The van der Waals surface area contributed by atoms with Crippen molar-refractivity contribution in [3.8, 4) is 67.5 Å². The summed E-state index contributed by atoms with van der Waals surface area (Å²) in [4.78, 5) is 7.66. The summed E-state index contributed by atoms with van der Waals surface area (Å²) in [6.07, 6.45) is -1.67. The maximum absolute atomic E-state index is 9.48. The van der Waals surface area contributed by atoms with Crippen LogP contribution in [0.1, 0.15) is 48.5 Å². The number of fused-ring (bicyclic) bond motifs is 4. The first kappa shape index (κ1) is 48.8. The second kappa shape index (κ2) is 20.8. The number of para-hydroxylation sites is 4. The molecule has 0 fully saturated rings. The van der Waals surface area contributed by atoms with Crippen molar-refractivity contribution in [2.24, 2.45) is 5.92 Å². The van der Waals surface area contributed by atoms with Gasteiger partial charge in [-0.15, -0.1) is 5.39 Å². The van der Waals surface area contributed by atoms with Crippen LogP contribution in [0.3, 0.4) is 0 Å². The summed E-state index contributed by atoms with van der Waals surface area (Å²) in [5.74, 6) is 1.16. The van der Waals surface area contributed by atoms with Crippen molar-refractivity contribution in [1.29, 1.82) is 0 Å². The predicted octanol–water partition coefficient (Wildman–Crippen LogP) is 18.0. The van der Waals surface area contributed by atoms with Crippen molar-refractivity contribution in [2.75, 3.05) is 4.81 Å².